The van der Waals surface area contributed by atoms with Crippen LogP contribution >= 0.6 is 0 Å². The summed E-state index contributed by atoms with van der Waals surface area (Å²) in [5, 5.41) is 5.06. The summed E-state index contributed by atoms with van der Waals surface area (Å²) in [7, 11) is 1.97. The summed E-state index contributed by atoms with van der Waals surface area (Å²) >= 11 is 0. The molecular formula is C20H18FN3O2. The van der Waals surface area contributed by atoms with Crippen molar-refractivity contribution in [3.05, 3.63) is 72.1 Å². The Labute approximate surface area is 150 Å². The molecule has 0 aliphatic heterocycles. The van der Waals surface area contributed by atoms with Gasteiger partial charge in [-0.25, -0.2) is 4.39 Å². The van der Waals surface area contributed by atoms with Gasteiger partial charge < -0.3 is 8.94 Å². The van der Waals surface area contributed by atoms with Crippen LogP contribution in [-0.4, -0.2) is 22.1 Å². The molecule has 2 aromatic heterocycles. The Hall–Kier alpha value is -2.99. The lowest BCUT2D eigenvalue weighted by Gasteiger charge is -2.20. The summed E-state index contributed by atoms with van der Waals surface area (Å²) in [6, 6.07) is 16.0. The molecule has 0 aliphatic rings. The minimum Gasteiger partial charge on any atom is -0.459 e. The van der Waals surface area contributed by atoms with E-state index < -0.39 is 0 Å². The first kappa shape index (κ1) is 16.5. The maximum atomic E-state index is 13.0. The van der Waals surface area contributed by atoms with E-state index in [9.17, 15) is 4.39 Å². The summed E-state index contributed by atoms with van der Waals surface area (Å²) in [4.78, 5) is 6.47. The van der Waals surface area contributed by atoms with Crippen molar-refractivity contribution in [2.24, 2.45) is 0 Å². The van der Waals surface area contributed by atoms with Gasteiger partial charge in [0.05, 0.1) is 12.6 Å². The molecule has 2 heterocycles. The molecule has 0 fully saturated rings. The number of halogens is 1. The first-order valence-corrected chi connectivity index (χ1v) is 8.37. The number of aromatic nitrogens is 2. The van der Waals surface area contributed by atoms with Gasteiger partial charge >= 0.3 is 0 Å². The van der Waals surface area contributed by atoms with Crippen molar-refractivity contribution < 1.29 is 13.3 Å². The van der Waals surface area contributed by atoms with Gasteiger partial charge in [-0.2, -0.15) is 4.98 Å². The quantitative estimate of drug-likeness (QED) is 0.516. The van der Waals surface area contributed by atoms with Crippen molar-refractivity contribution in [1.82, 2.24) is 15.0 Å². The van der Waals surface area contributed by atoms with E-state index in [0.29, 0.717) is 18.3 Å². The molecule has 0 saturated carbocycles. The van der Waals surface area contributed by atoms with Crippen molar-refractivity contribution in [3.63, 3.8) is 0 Å². The molecule has 0 saturated heterocycles. The van der Waals surface area contributed by atoms with E-state index in [-0.39, 0.29) is 11.9 Å². The van der Waals surface area contributed by atoms with Crippen LogP contribution in [0.15, 0.2) is 63.5 Å². The van der Waals surface area contributed by atoms with E-state index in [2.05, 4.69) is 22.0 Å². The van der Waals surface area contributed by atoms with E-state index in [4.69, 9.17) is 8.94 Å². The molecule has 2 aromatic carbocycles. The van der Waals surface area contributed by atoms with Crippen LogP contribution in [0.5, 0.6) is 0 Å². The average molecular weight is 351 g/mol. The number of hydrogen-bond acceptors (Lipinski definition) is 5. The van der Waals surface area contributed by atoms with Crippen LogP contribution in [0.2, 0.25) is 0 Å². The number of hydrogen-bond donors (Lipinski definition) is 0. The summed E-state index contributed by atoms with van der Waals surface area (Å²) in [6.07, 6.45) is 0. The zero-order valence-electron chi connectivity index (χ0n) is 14.5. The minimum atomic E-state index is -0.295. The smallest absolute Gasteiger partial charge is 0.241 e. The second-order valence-electron chi connectivity index (χ2n) is 6.30. The number of rotatable bonds is 5. The highest BCUT2D eigenvalue weighted by atomic mass is 19.1. The second kappa shape index (κ2) is 6.72. The Morgan fingerprint density at radius 2 is 1.88 bits per heavy atom. The molecule has 26 heavy (non-hydrogen) atoms. The van der Waals surface area contributed by atoms with Crippen molar-refractivity contribution in [3.8, 4) is 11.4 Å². The van der Waals surface area contributed by atoms with Gasteiger partial charge in [0.25, 0.3) is 0 Å². The van der Waals surface area contributed by atoms with Gasteiger partial charge in [-0.15, -0.1) is 0 Å². The third-order valence-electron chi connectivity index (χ3n) is 4.47. The summed E-state index contributed by atoms with van der Waals surface area (Å²) in [6.45, 7) is 2.54. The van der Waals surface area contributed by atoms with Crippen molar-refractivity contribution in [1.29, 1.82) is 0 Å². The molecule has 4 rings (SSSR count). The molecular weight excluding hydrogens is 333 g/mol. The molecule has 0 radical (unpaired) electrons. The normalized spacial score (nSPS) is 12.8. The third kappa shape index (κ3) is 3.23. The zero-order valence-corrected chi connectivity index (χ0v) is 14.5. The lowest BCUT2D eigenvalue weighted by Crippen LogP contribution is -2.21. The monoisotopic (exact) mass is 351 g/mol. The Balaban J connectivity index is 1.49. The van der Waals surface area contributed by atoms with Gasteiger partial charge in [-0.3, -0.25) is 4.90 Å². The predicted molar refractivity (Wildman–Crippen MR) is 95.8 cm³/mol. The van der Waals surface area contributed by atoms with Crippen LogP contribution in [0.3, 0.4) is 0 Å². The maximum Gasteiger partial charge on any atom is 0.241 e. The topological polar surface area (TPSA) is 55.3 Å². The van der Waals surface area contributed by atoms with Crippen LogP contribution in [-0.2, 0) is 6.54 Å². The molecule has 0 unspecified atom stereocenters. The maximum absolute atomic E-state index is 13.0. The molecule has 132 valence electrons. The van der Waals surface area contributed by atoms with E-state index in [0.717, 1.165) is 22.3 Å². The molecule has 0 N–H and O–H groups in total. The molecule has 0 spiro atoms. The standard InChI is InChI=1S/C20H18FN3O2/c1-13(18-11-15-5-3-4-6-17(15)25-18)24(2)12-19-22-20(23-26-19)14-7-9-16(21)10-8-14/h3-11,13H,12H2,1-2H3/t13-/m1/s1. The number of nitrogens with zero attached hydrogens (tertiary/aromatic N) is 3. The zero-order chi connectivity index (χ0) is 18.1. The molecule has 4 aromatic rings. The van der Waals surface area contributed by atoms with Crippen molar-refractivity contribution >= 4 is 11.0 Å². The van der Waals surface area contributed by atoms with Crippen molar-refractivity contribution in [2.75, 3.05) is 7.05 Å². The average Bonchev–Trinajstić information content (AvgIpc) is 3.28. The Morgan fingerprint density at radius 1 is 1.12 bits per heavy atom. The molecule has 0 aliphatic carbocycles. The van der Waals surface area contributed by atoms with Gasteiger partial charge in [0, 0.05) is 10.9 Å². The molecule has 0 bridgehead atoms. The summed E-state index contributed by atoms with van der Waals surface area (Å²) < 4.78 is 24.3. The van der Waals surface area contributed by atoms with Crippen LogP contribution in [0.1, 0.15) is 24.6 Å². The van der Waals surface area contributed by atoms with E-state index in [1.807, 2.05) is 37.4 Å². The fraction of sp³-hybridized carbons (Fsp3) is 0.200. The summed E-state index contributed by atoms with van der Waals surface area (Å²) in [5.74, 6) is 1.53. The predicted octanol–water partition coefficient (Wildman–Crippen LogP) is 4.81. The highest BCUT2D eigenvalue weighted by Crippen LogP contribution is 2.27. The first-order chi connectivity index (χ1) is 12.6. The van der Waals surface area contributed by atoms with Crippen LogP contribution in [0.4, 0.5) is 4.39 Å². The number of furan rings is 1. The van der Waals surface area contributed by atoms with E-state index in [1.165, 1.54) is 12.1 Å². The fourth-order valence-corrected chi connectivity index (χ4v) is 2.81. The minimum absolute atomic E-state index is 0.0450. The van der Waals surface area contributed by atoms with Crippen molar-refractivity contribution in [2.45, 2.75) is 19.5 Å². The van der Waals surface area contributed by atoms with Gasteiger partial charge in [0.15, 0.2) is 0 Å². The van der Waals surface area contributed by atoms with Gasteiger partial charge in [-0.1, -0.05) is 23.4 Å². The van der Waals surface area contributed by atoms with Crippen LogP contribution in [0.25, 0.3) is 22.4 Å². The lowest BCUT2D eigenvalue weighted by molar-refractivity contribution is 0.198. The Morgan fingerprint density at radius 3 is 2.65 bits per heavy atom. The highest BCUT2D eigenvalue weighted by molar-refractivity contribution is 5.77. The highest BCUT2D eigenvalue weighted by Gasteiger charge is 2.19. The number of fused-ring (bicyclic) bond motifs is 1. The third-order valence-corrected chi connectivity index (χ3v) is 4.47. The lowest BCUT2D eigenvalue weighted by atomic mass is 10.2. The summed E-state index contributed by atoms with van der Waals surface area (Å²) in [5.41, 5.74) is 1.59. The van der Waals surface area contributed by atoms with E-state index in [1.54, 1.807) is 12.1 Å². The molecule has 0 amide bonds. The molecule has 5 nitrogen and oxygen atoms in total. The molecule has 6 heteroatoms. The molecule has 1 atom stereocenters. The Bertz CT molecular complexity index is 990. The largest absolute Gasteiger partial charge is 0.459 e. The number of benzene rings is 2. The number of para-hydroxylation sites is 1. The first-order valence-electron chi connectivity index (χ1n) is 8.37. The van der Waals surface area contributed by atoms with Gasteiger partial charge in [-0.05, 0) is 50.4 Å². The fourth-order valence-electron chi connectivity index (χ4n) is 2.81. The SMILES string of the molecule is C[C@H](c1cc2ccccc2o1)N(C)Cc1nc(-c2ccc(F)cc2)no1. The van der Waals surface area contributed by atoms with Gasteiger partial charge in [0.2, 0.25) is 11.7 Å². The van der Waals surface area contributed by atoms with Crippen LogP contribution < -0.4 is 0 Å². The second-order valence-corrected chi connectivity index (χ2v) is 6.30. The van der Waals surface area contributed by atoms with E-state index >= 15 is 0 Å². The van der Waals surface area contributed by atoms with Crippen LogP contribution in [0, 0.1) is 5.82 Å². The Kier molecular flexibility index (Phi) is 4.26. The van der Waals surface area contributed by atoms with Gasteiger partial charge in [0.1, 0.15) is 17.2 Å².